The summed E-state index contributed by atoms with van der Waals surface area (Å²) in [6, 6.07) is 3.89. The fourth-order valence-electron chi connectivity index (χ4n) is 1.95. The minimum Gasteiger partial charge on any atom is -0.464 e. The second-order valence-electron chi connectivity index (χ2n) is 5.00. The third kappa shape index (κ3) is 8.76. The fourth-order valence-corrected chi connectivity index (χ4v) is 2.67. The number of thioether (sulfide) groups is 1. The summed E-state index contributed by atoms with van der Waals surface area (Å²) in [5.41, 5.74) is 0. The highest BCUT2D eigenvalue weighted by Gasteiger charge is 2.07. The van der Waals surface area contributed by atoms with Crippen molar-refractivity contribution in [3.05, 3.63) is 23.7 Å². The summed E-state index contributed by atoms with van der Waals surface area (Å²) in [7, 11) is 0. The van der Waals surface area contributed by atoms with E-state index in [9.17, 15) is 0 Å². The number of nitrogens with zero attached hydrogens (tertiary/aromatic N) is 3. The van der Waals surface area contributed by atoms with E-state index in [2.05, 4.69) is 33.4 Å². The molecule has 1 aromatic heterocycles. The van der Waals surface area contributed by atoms with E-state index in [0.717, 1.165) is 23.0 Å². The van der Waals surface area contributed by atoms with Crippen molar-refractivity contribution in [2.45, 2.75) is 12.3 Å². The minimum absolute atomic E-state index is 0.312. The molecule has 0 aromatic carbocycles. The van der Waals surface area contributed by atoms with Crippen LogP contribution in [-0.4, -0.2) is 42.8 Å². The first kappa shape index (κ1) is 21.1. The highest BCUT2D eigenvalue weighted by atomic mass is 32.2. The molecular weight excluding hydrogens is 346 g/mol. The van der Waals surface area contributed by atoms with Gasteiger partial charge in [0.05, 0.1) is 38.5 Å². The number of furan rings is 1. The van der Waals surface area contributed by atoms with Crippen LogP contribution in [0.4, 0.5) is 0 Å². The molecule has 1 rings (SSSR count). The molecule has 0 aliphatic rings. The van der Waals surface area contributed by atoms with Gasteiger partial charge in [-0.1, -0.05) is 17.8 Å². The lowest BCUT2D eigenvalue weighted by atomic mass is 10.4. The molecule has 2 N–H and O–H groups in total. The van der Waals surface area contributed by atoms with Gasteiger partial charge in [0.15, 0.2) is 6.19 Å². The summed E-state index contributed by atoms with van der Waals surface area (Å²) >= 11 is 1.69. The van der Waals surface area contributed by atoms with E-state index >= 15 is 0 Å². The predicted octanol–water partition coefficient (Wildman–Crippen LogP) is 1.23. The molecule has 0 unspecified atom stereocenters. The third-order valence-corrected chi connectivity index (χ3v) is 3.97. The van der Waals surface area contributed by atoms with Crippen molar-refractivity contribution in [3.63, 3.8) is 0 Å². The van der Waals surface area contributed by atoms with Crippen LogP contribution in [0.2, 0.25) is 0 Å². The van der Waals surface area contributed by atoms with Gasteiger partial charge in [-0.15, -0.1) is 19.3 Å². The van der Waals surface area contributed by atoms with Crippen LogP contribution in [0, 0.1) is 48.5 Å². The van der Waals surface area contributed by atoms with E-state index in [1.165, 1.54) is 0 Å². The van der Waals surface area contributed by atoms with E-state index in [0.29, 0.717) is 38.7 Å². The Morgan fingerprint density at radius 2 is 1.92 bits per heavy atom. The van der Waals surface area contributed by atoms with Crippen LogP contribution in [-0.2, 0) is 12.3 Å². The standard InChI is InChI=1S/C19H21N5OS/c1-4-9-21-19(23-16-20)22-10-13-26-15-18-8-7-17(25-18)14-24(11-5-2)12-6-3/h1-3,7-8H,9-15H2,(H2,21,22,23). The van der Waals surface area contributed by atoms with Crippen molar-refractivity contribution in [1.82, 2.24) is 15.5 Å². The van der Waals surface area contributed by atoms with Crippen molar-refractivity contribution >= 4 is 17.7 Å². The maximum Gasteiger partial charge on any atom is 0.205 e. The average molecular weight is 367 g/mol. The predicted molar refractivity (Wildman–Crippen MR) is 106 cm³/mol. The molecule has 0 spiro atoms. The van der Waals surface area contributed by atoms with E-state index in [4.69, 9.17) is 28.9 Å². The second-order valence-corrected chi connectivity index (χ2v) is 6.10. The van der Waals surface area contributed by atoms with Gasteiger partial charge >= 0.3 is 0 Å². The number of nitriles is 1. The molecule has 1 heterocycles. The summed E-state index contributed by atoms with van der Waals surface area (Å²) in [5.74, 6) is 11.2. The molecule has 0 saturated carbocycles. The maximum atomic E-state index is 8.64. The van der Waals surface area contributed by atoms with Crippen LogP contribution >= 0.6 is 11.8 Å². The zero-order chi connectivity index (χ0) is 19.0. The lowest BCUT2D eigenvalue weighted by molar-refractivity contribution is 0.299. The van der Waals surface area contributed by atoms with Gasteiger partial charge < -0.3 is 9.73 Å². The lowest BCUT2D eigenvalue weighted by Gasteiger charge is -2.14. The molecule has 6 nitrogen and oxygen atoms in total. The van der Waals surface area contributed by atoms with Crippen LogP contribution in [0.25, 0.3) is 0 Å². The summed E-state index contributed by atoms with van der Waals surface area (Å²) in [6.45, 7) is 2.43. The number of rotatable bonds is 10. The molecule has 0 amide bonds. The molecule has 26 heavy (non-hydrogen) atoms. The molecule has 0 aliphatic carbocycles. The molecular formula is C19H21N5OS. The Labute approximate surface area is 159 Å². The van der Waals surface area contributed by atoms with Crippen LogP contribution in [0.3, 0.4) is 0 Å². The number of terminal acetylenes is 3. The Morgan fingerprint density at radius 3 is 2.58 bits per heavy atom. The number of guanidine groups is 1. The van der Waals surface area contributed by atoms with Crippen molar-refractivity contribution in [1.29, 1.82) is 5.26 Å². The molecule has 0 aliphatic heterocycles. The third-order valence-electron chi connectivity index (χ3n) is 3.01. The van der Waals surface area contributed by atoms with Crippen LogP contribution < -0.4 is 10.6 Å². The van der Waals surface area contributed by atoms with Crippen LogP contribution in [0.15, 0.2) is 21.5 Å². The van der Waals surface area contributed by atoms with Gasteiger partial charge in [-0.3, -0.25) is 15.2 Å². The van der Waals surface area contributed by atoms with Crippen LogP contribution in [0.5, 0.6) is 0 Å². The van der Waals surface area contributed by atoms with Crippen molar-refractivity contribution in [2.24, 2.45) is 4.99 Å². The largest absolute Gasteiger partial charge is 0.464 e. The normalized spacial score (nSPS) is 10.4. The molecule has 0 radical (unpaired) electrons. The first-order chi connectivity index (χ1) is 12.7. The Bertz CT molecular complexity index is 726. The number of aliphatic imine (C=N–C) groups is 1. The van der Waals surface area contributed by atoms with E-state index in [1.54, 1.807) is 11.8 Å². The lowest BCUT2D eigenvalue weighted by Crippen LogP contribution is -2.34. The Kier molecular flexibility index (Phi) is 10.8. The van der Waals surface area contributed by atoms with Crippen LogP contribution in [0.1, 0.15) is 11.5 Å². The van der Waals surface area contributed by atoms with E-state index in [1.807, 2.05) is 23.2 Å². The topological polar surface area (TPSA) is 76.6 Å². The van der Waals surface area contributed by atoms with Gasteiger partial charge in [0.1, 0.15) is 11.5 Å². The first-order valence-corrected chi connectivity index (χ1v) is 9.00. The van der Waals surface area contributed by atoms with Gasteiger partial charge in [-0.25, -0.2) is 0 Å². The summed E-state index contributed by atoms with van der Waals surface area (Å²) in [5, 5.41) is 13.9. The molecule has 0 saturated heterocycles. The van der Waals surface area contributed by atoms with Gasteiger partial charge in [0, 0.05) is 5.75 Å². The molecule has 0 fully saturated rings. The van der Waals surface area contributed by atoms with Gasteiger partial charge in [0.25, 0.3) is 0 Å². The zero-order valence-electron chi connectivity index (χ0n) is 14.5. The van der Waals surface area contributed by atoms with E-state index < -0.39 is 0 Å². The monoisotopic (exact) mass is 367 g/mol. The van der Waals surface area contributed by atoms with Crippen molar-refractivity contribution < 1.29 is 4.42 Å². The Balaban J connectivity index is 2.37. The first-order valence-electron chi connectivity index (χ1n) is 7.85. The number of hydrogen-bond acceptors (Lipinski definition) is 5. The number of nitrogens with one attached hydrogen (secondary N) is 2. The second kappa shape index (κ2) is 13.3. The van der Waals surface area contributed by atoms with Gasteiger partial charge in [-0.2, -0.15) is 17.0 Å². The molecule has 7 heteroatoms. The summed E-state index contributed by atoms with van der Waals surface area (Å²) < 4.78 is 5.80. The summed E-state index contributed by atoms with van der Waals surface area (Å²) in [4.78, 5) is 6.20. The quantitative estimate of drug-likeness (QED) is 0.162. The van der Waals surface area contributed by atoms with Crippen molar-refractivity contribution in [3.8, 4) is 43.2 Å². The van der Waals surface area contributed by atoms with Gasteiger partial charge in [-0.05, 0) is 12.1 Å². The summed E-state index contributed by atoms with van der Waals surface area (Å²) in [6.07, 6.45) is 17.7. The van der Waals surface area contributed by atoms with E-state index in [-0.39, 0.29) is 0 Å². The fraction of sp³-hybridized carbons (Fsp3) is 0.368. The number of hydrogen-bond donors (Lipinski definition) is 2. The molecule has 0 bridgehead atoms. The Hall–Kier alpha value is -2.97. The molecule has 1 aromatic rings. The van der Waals surface area contributed by atoms with Crippen molar-refractivity contribution in [2.75, 3.05) is 31.9 Å². The smallest absolute Gasteiger partial charge is 0.205 e. The maximum absolute atomic E-state index is 8.64. The van der Waals surface area contributed by atoms with Gasteiger partial charge in [0.2, 0.25) is 5.96 Å². The highest BCUT2D eigenvalue weighted by Crippen LogP contribution is 2.16. The Morgan fingerprint density at radius 1 is 1.19 bits per heavy atom. The molecule has 134 valence electrons. The molecule has 0 atom stereocenters. The minimum atomic E-state index is 0.312. The average Bonchev–Trinajstić information content (AvgIpc) is 3.07. The highest BCUT2D eigenvalue weighted by molar-refractivity contribution is 7.98. The SMILES string of the molecule is C#CCN/C(=N/CCSCc1ccc(CN(CC#C)CC#C)o1)NC#N. The zero-order valence-corrected chi connectivity index (χ0v) is 15.3.